The lowest BCUT2D eigenvalue weighted by Gasteiger charge is -2.13. The first-order valence-electron chi connectivity index (χ1n) is 8.64. The lowest BCUT2D eigenvalue weighted by Crippen LogP contribution is -2.35. The Balaban J connectivity index is 1.81. The average Bonchev–Trinajstić information content (AvgIpc) is 3.22. The van der Waals surface area contributed by atoms with Gasteiger partial charge in [0.15, 0.2) is 0 Å². The number of ether oxygens (including phenoxy) is 1. The highest BCUT2D eigenvalue weighted by atomic mass is 35.5. The molecular formula is C19H15ClN2O7S. The van der Waals surface area contributed by atoms with E-state index in [1.54, 1.807) is 19.9 Å². The Morgan fingerprint density at radius 1 is 1.33 bits per heavy atom. The molecule has 1 aliphatic rings. The van der Waals surface area contributed by atoms with Gasteiger partial charge < -0.3 is 9.15 Å². The zero-order valence-electron chi connectivity index (χ0n) is 15.8. The summed E-state index contributed by atoms with van der Waals surface area (Å²) in [6.07, 6.45) is 0.989. The molecule has 30 heavy (non-hydrogen) atoms. The number of non-ortho nitro benzene ring substituents is 1. The highest BCUT2D eigenvalue weighted by Crippen LogP contribution is 2.35. The van der Waals surface area contributed by atoms with Gasteiger partial charge in [0, 0.05) is 23.8 Å². The zero-order chi connectivity index (χ0) is 22.0. The van der Waals surface area contributed by atoms with Crippen LogP contribution in [0.1, 0.15) is 19.6 Å². The van der Waals surface area contributed by atoms with Gasteiger partial charge in [-0.05, 0) is 43.8 Å². The van der Waals surface area contributed by atoms with Crippen LogP contribution in [0.25, 0.3) is 17.4 Å². The minimum Gasteiger partial charge on any atom is -0.462 e. The van der Waals surface area contributed by atoms with Gasteiger partial charge in [-0.3, -0.25) is 29.4 Å². The predicted octanol–water partition coefficient (Wildman–Crippen LogP) is 4.50. The Kier molecular flexibility index (Phi) is 6.28. The monoisotopic (exact) mass is 450 g/mol. The molecule has 2 amide bonds. The minimum absolute atomic E-state index is 0.0726. The maximum Gasteiger partial charge on any atom is 0.326 e. The minimum atomic E-state index is -0.686. The molecule has 2 heterocycles. The number of carbonyl (C=O) groups is 3. The van der Waals surface area contributed by atoms with Crippen molar-refractivity contribution in [1.82, 2.24) is 4.90 Å². The summed E-state index contributed by atoms with van der Waals surface area (Å²) in [5.74, 6) is -0.830. The molecule has 0 radical (unpaired) electrons. The second-order valence-corrected chi connectivity index (χ2v) is 7.83. The number of hydrogen-bond acceptors (Lipinski definition) is 8. The van der Waals surface area contributed by atoms with Gasteiger partial charge >= 0.3 is 5.97 Å². The molecule has 1 aromatic carbocycles. The van der Waals surface area contributed by atoms with Crippen LogP contribution in [-0.4, -0.2) is 39.6 Å². The Bertz CT molecular complexity index is 1080. The number of esters is 1. The van der Waals surface area contributed by atoms with Gasteiger partial charge in [-0.1, -0.05) is 11.6 Å². The van der Waals surface area contributed by atoms with Crippen molar-refractivity contribution in [3.63, 3.8) is 0 Å². The zero-order valence-corrected chi connectivity index (χ0v) is 17.4. The number of nitro groups is 1. The summed E-state index contributed by atoms with van der Waals surface area (Å²) in [6.45, 7) is 2.84. The van der Waals surface area contributed by atoms with Crippen molar-refractivity contribution in [2.75, 3.05) is 6.54 Å². The van der Waals surface area contributed by atoms with E-state index in [-0.39, 0.29) is 33.2 Å². The van der Waals surface area contributed by atoms with Crippen LogP contribution in [0.15, 0.2) is 39.7 Å². The standard InChI is InChI=1S/C19H15ClN2O7S/c1-10(2)28-17(23)9-21-18(24)16(30-19(21)25)8-12-4-6-15(29-12)13-7-11(22(26)27)3-5-14(13)20/h3-8,10H,9H2,1-2H3/b16-8-. The van der Waals surface area contributed by atoms with Crippen molar-refractivity contribution in [2.24, 2.45) is 0 Å². The van der Waals surface area contributed by atoms with E-state index in [0.717, 1.165) is 4.90 Å². The van der Waals surface area contributed by atoms with E-state index in [0.29, 0.717) is 17.3 Å². The molecule has 1 fully saturated rings. The van der Waals surface area contributed by atoms with Crippen molar-refractivity contribution < 1.29 is 28.5 Å². The molecule has 0 aliphatic carbocycles. The summed E-state index contributed by atoms with van der Waals surface area (Å²) in [4.78, 5) is 47.6. The quantitative estimate of drug-likeness (QED) is 0.273. The van der Waals surface area contributed by atoms with Crippen LogP contribution in [0.3, 0.4) is 0 Å². The van der Waals surface area contributed by atoms with E-state index in [1.807, 2.05) is 0 Å². The lowest BCUT2D eigenvalue weighted by molar-refractivity contribution is -0.384. The Labute approximate surface area is 179 Å². The van der Waals surface area contributed by atoms with Crippen molar-refractivity contribution in [3.8, 4) is 11.3 Å². The van der Waals surface area contributed by atoms with Crippen LogP contribution in [0.4, 0.5) is 10.5 Å². The molecule has 3 rings (SSSR count). The third kappa shape index (κ3) is 4.71. The highest BCUT2D eigenvalue weighted by Gasteiger charge is 2.37. The number of nitro benzene ring substituents is 1. The van der Waals surface area contributed by atoms with Crippen molar-refractivity contribution in [2.45, 2.75) is 20.0 Å². The molecule has 0 saturated carbocycles. The van der Waals surface area contributed by atoms with Crippen LogP contribution in [0, 0.1) is 10.1 Å². The number of thioether (sulfide) groups is 1. The first-order valence-corrected chi connectivity index (χ1v) is 9.84. The number of carbonyl (C=O) groups excluding carboxylic acids is 3. The summed E-state index contributed by atoms with van der Waals surface area (Å²) in [7, 11) is 0. The first-order chi connectivity index (χ1) is 14.2. The van der Waals surface area contributed by atoms with Gasteiger partial charge in [0.05, 0.1) is 21.0 Å². The summed E-state index contributed by atoms with van der Waals surface area (Å²) in [6, 6.07) is 7.01. The van der Waals surface area contributed by atoms with Crippen LogP contribution >= 0.6 is 23.4 Å². The van der Waals surface area contributed by atoms with Gasteiger partial charge in [-0.25, -0.2) is 0 Å². The van der Waals surface area contributed by atoms with Gasteiger partial charge in [-0.15, -0.1) is 0 Å². The van der Waals surface area contributed by atoms with Crippen LogP contribution in [0.2, 0.25) is 5.02 Å². The second kappa shape index (κ2) is 8.72. The topological polar surface area (TPSA) is 120 Å². The Morgan fingerprint density at radius 2 is 2.07 bits per heavy atom. The molecule has 1 saturated heterocycles. The molecule has 0 N–H and O–H groups in total. The number of hydrogen-bond donors (Lipinski definition) is 0. The highest BCUT2D eigenvalue weighted by molar-refractivity contribution is 8.18. The summed E-state index contributed by atoms with van der Waals surface area (Å²) >= 11 is 6.78. The van der Waals surface area contributed by atoms with Gasteiger partial charge in [0.2, 0.25) is 0 Å². The van der Waals surface area contributed by atoms with Crippen LogP contribution in [-0.2, 0) is 14.3 Å². The average molecular weight is 451 g/mol. The third-order valence-electron chi connectivity index (χ3n) is 3.85. The van der Waals surface area contributed by atoms with E-state index < -0.39 is 28.6 Å². The summed E-state index contributed by atoms with van der Waals surface area (Å²) in [5.41, 5.74) is 0.164. The number of imide groups is 1. The van der Waals surface area contributed by atoms with Crippen molar-refractivity contribution in [1.29, 1.82) is 0 Å². The van der Waals surface area contributed by atoms with E-state index in [9.17, 15) is 24.5 Å². The molecular weight excluding hydrogens is 436 g/mol. The number of nitrogens with zero attached hydrogens (tertiary/aromatic N) is 2. The fourth-order valence-electron chi connectivity index (χ4n) is 2.59. The third-order valence-corrected chi connectivity index (χ3v) is 5.09. The van der Waals surface area contributed by atoms with E-state index >= 15 is 0 Å². The van der Waals surface area contributed by atoms with Crippen LogP contribution < -0.4 is 0 Å². The number of amides is 2. The smallest absolute Gasteiger partial charge is 0.326 e. The lowest BCUT2D eigenvalue weighted by atomic mass is 10.1. The summed E-state index contributed by atoms with van der Waals surface area (Å²) < 4.78 is 10.6. The van der Waals surface area contributed by atoms with Crippen molar-refractivity contribution >= 4 is 52.2 Å². The van der Waals surface area contributed by atoms with E-state index in [2.05, 4.69) is 0 Å². The first kappa shape index (κ1) is 21.6. The largest absolute Gasteiger partial charge is 0.462 e. The van der Waals surface area contributed by atoms with Gasteiger partial charge in [0.1, 0.15) is 18.1 Å². The van der Waals surface area contributed by atoms with E-state index in [1.165, 1.54) is 30.3 Å². The maximum absolute atomic E-state index is 12.5. The molecule has 1 aromatic heterocycles. The van der Waals surface area contributed by atoms with Gasteiger partial charge in [-0.2, -0.15) is 0 Å². The fraction of sp³-hybridized carbons (Fsp3) is 0.211. The fourth-order valence-corrected chi connectivity index (χ4v) is 3.61. The Morgan fingerprint density at radius 3 is 2.73 bits per heavy atom. The molecule has 0 spiro atoms. The Hall–Kier alpha value is -3.11. The van der Waals surface area contributed by atoms with Gasteiger partial charge in [0.25, 0.3) is 16.8 Å². The molecule has 2 aromatic rings. The maximum atomic E-state index is 12.5. The molecule has 156 valence electrons. The predicted molar refractivity (Wildman–Crippen MR) is 110 cm³/mol. The van der Waals surface area contributed by atoms with Crippen molar-refractivity contribution in [3.05, 3.63) is 56.1 Å². The molecule has 0 unspecified atom stereocenters. The summed E-state index contributed by atoms with van der Waals surface area (Å²) in [5, 5.41) is 10.6. The molecule has 1 aliphatic heterocycles. The SMILES string of the molecule is CC(C)OC(=O)CN1C(=O)S/C(=C\c2ccc(-c3cc([N+](=O)[O-])ccc3Cl)o2)C1=O. The molecule has 9 nitrogen and oxygen atoms in total. The number of benzene rings is 1. The normalized spacial score (nSPS) is 15.3. The number of furan rings is 1. The number of rotatable bonds is 6. The second-order valence-electron chi connectivity index (χ2n) is 6.43. The van der Waals surface area contributed by atoms with E-state index in [4.69, 9.17) is 20.8 Å². The molecule has 11 heteroatoms. The molecule has 0 atom stereocenters. The number of halogens is 1. The van der Waals surface area contributed by atoms with Crippen LogP contribution in [0.5, 0.6) is 0 Å². The molecule has 0 bridgehead atoms.